The molecular formula is C12H15NO3S. The van der Waals surface area contributed by atoms with Gasteiger partial charge in [0.15, 0.2) is 0 Å². The lowest BCUT2D eigenvalue weighted by atomic mass is 10.2. The molecule has 0 spiro atoms. The predicted molar refractivity (Wildman–Crippen MR) is 65.6 cm³/mol. The van der Waals surface area contributed by atoms with Crippen LogP contribution in [0.1, 0.15) is 10.4 Å². The zero-order valence-corrected chi connectivity index (χ0v) is 10.2. The fourth-order valence-electron chi connectivity index (χ4n) is 1.89. The van der Waals surface area contributed by atoms with Crippen LogP contribution in [0, 0.1) is 11.8 Å². The summed E-state index contributed by atoms with van der Waals surface area (Å²) >= 11 is 1.60. The largest absolute Gasteiger partial charge is 0.389 e. The van der Waals surface area contributed by atoms with E-state index in [-0.39, 0.29) is 6.61 Å². The Labute approximate surface area is 104 Å². The Kier molecular flexibility index (Phi) is 4.15. The number of rotatable bonds is 2. The summed E-state index contributed by atoms with van der Waals surface area (Å²) < 4.78 is 0. The molecule has 0 bridgehead atoms. The first-order valence-corrected chi connectivity index (χ1v) is 6.33. The first-order valence-electron chi connectivity index (χ1n) is 5.45. The Morgan fingerprint density at radius 2 is 2.06 bits per heavy atom. The monoisotopic (exact) mass is 253 g/mol. The van der Waals surface area contributed by atoms with Gasteiger partial charge in [-0.25, -0.2) is 0 Å². The molecule has 17 heavy (non-hydrogen) atoms. The van der Waals surface area contributed by atoms with Gasteiger partial charge in [0.2, 0.25) is 0 Å². The molecule has 0 aromatic carbocycles. The van der Waals surface area contributed by atoms with Crippen LogP contribution in [0.25, 0.3) is 0 Å². The van der Waals surface area contributed by atoms with Crippen LogP contribution in [0.4, 0.5) is 0 Å². The van der Waals surface area contributed by atoms with E-state index in [0.29, 0.717) is 19.6 Å². The maximum absolute atomic E-state index is 9.46. The zero-order valence-electron chi connectivity index (χ0n) is 9.33. The summed E-state index contributed by atoms with van der Waals surface area (Å²) in [5.74, 6) is 5.53. The molecule has 2 atom stereocenters. The average molecular weight is 253 g/mol. The third-order valence-corrected chi connectivity index (χ3v) is 3.66. The summed E-state index contributed by atoms with van der Waals surface area (Å²) in [5.41, 5.74) is 0.917. The Bertz CT molecular complexity index is 424. The van der Waals surface area contributed by atoms with Gasteiger partial charge in [0.05, 0.1) is 12.2 Å². The van der Waals surface area contributed by atoms with E-state index >= 15 is 0 Å². The minimum Gasteiger partial charge on any atom is -0.389 e. The number of thiophene rings is 1. The first kappa shape index (κ1) is 12.6. The molecule has 3 N–H and O–H groups in total. The highest BCUT2D eigenvalue weighted by Crippen LogP contribution is 2.21. The maximum atomic E-state index is 9.46. The fraction of sp³-hybridized carbons (Fsp3) is 0.500. The van der Waals surface area contributed by atoms with Crippen molar-refractivity contribution in [2.45, 2.75) is 18.8 Å². The Hall–Kier alpha value is -0.900. The Balaban J connectivity index is 2.02. The quantitative estimate of drug-likeness (QED) is 0.629. The minimum absolute atomic E-state index is 0.142. The van der Waals surface area contributed by atoms with Crippen molar-refractivity contribution >= 4 is 11.3 Å². The second-order valence-corrected chi connectivity index (χ2v) is 5.05. The highest BCUT2D eigenvalue weighted by molar-refractivity contribution is 7.10. The van der Waals surface area contributed by atoms with Crippen molar-refractivity contribution in [3.05, 3.63) is 21.9 Å². The van der Waals surface area contributed by atoms with E-state index in [2.05, 4.69) is 11.8 Å². The molecule has 1 saturated heterocycles. The normalized spacial score (nSPS) is 24.6. The molecule has 1 fully saturated rings. The van der Waals surface area contributed by atoms with Gasteiger partial charge in [-0.2, -0.15) is 0 Å². The number of hydrogen-bond donors (Lipinski definition) is 3. The van der Waals surface area contributed by atoms with E-state index < -0.39 is 12.2 Å². The lowest BCUT2D eigenvalue weighted by Gasteiger charge is -2.13. The van der Waals surface area contributed by atoms with Gasteiger partial charge in [-0.15, -0.1) is 11.3 Å². The smallest absolute Gasteiger partial charge is 0.104 e. The van der Waals surface area contributed by atoms with Crippen molar-refractivity contribution in [2.75, 3.05) is 19.7 Å². The molecule has 1 aromatic rings. The predicted octanol–water partition coefficient (Wildman–Crippen LogP) is -0.371. The molecule has 1 aromatic heterocycles. The maximum Gasteiger partial charge on any atom is 0.104 e. The summed E-state index contributed by atoms with van der Waals surface area (Å²) in [6.07, 6.45) is -1.30. The third-order valence-electron chi connectivity index (χ3n) is 2.75. The van der Waals surface area contributed by atoms with E-state index in [4.69, 9.17) is 5.11 Å². The molecule has 0 saturated carbocycles. The van der Waals surface area contributed by atoms with Crippen molar-refractivity contribution in [3.63, 3.8) is 0 Å². The minimum atomic E-state index is -0.651. The topological polar surface area (TPSA) is 63.9 Å². The van der Waals surface area contributed by atoms with Crippen molar-refractivity contribution < 1.29 is 15.3 Å². The van der Waals surface area contributed by atoms with Crippen molar-refractivity contribution in [2.24, 2.45) is 0 Å². The molecule has 1 aliphatic rings. The second kappa shape index (κ2) is 5.63. The molecule has 92 valence electrons. The van der Waals surface area contributed by atoms with Crippen molar-refractivity contribution in [3.8, 4) is 11.8 Å². The van der Waals surface area contributed by atoms with Gasteiger partial charge in [-0.3, -0.25) is 4.90 Å². The van der Waals surface area contributed by atoms with Gasteiger partial charge in [-0.1, -0.05) is 11.8 Å². The van der Waals surface area contributed by atoms with Crippen LogP contribution in [-0.4, -0.2) is 52.1 Å². The number of hydrogen-bond acceptors (Lipinski definition) is 5. The second-order valence-electron chi connectivity index (χ2n) is 4.05. The number of likely N-dealkylation sites (tertiary alicyclic amines) is 1. The van der Waals surface area contributed by atoms with Gasteiger partial charge < -0.3 is 15.3 Å². The molecule has 2 heterocycles. The lowest BCUT2D eigenvalue weighted by molar-refractivity contribution is 0.0572. The van der Waals surface area contributed by atoms with E-state index in [1.54, 1.807) is 11.3 Å². The molecule has 1 aliphatic heterocycles. The lowest BCUT2D eigenvalue weighted by Crippen LogP contribution is -2.22. The highest BCUT2D eigenvalue weighted by Gasteiger charge is 2.29. The summed E-state index contributed by atoms with van der Waals surface area (Å²) in [7, 11) is 0. The third kappa shape index (κ3) is 3.06. The summed E-state index contributed by atoms with van der Waals surface area (Å²) in [6, 6.07) is 1.92. The molecule has 0 aliphatic carbocycles. The van der Waals surface area contributed by atoms with Crippen LogP contribution < -0.4 is 0 Å². The summed E-state index contributed by atoms with van der Waals surface area (Å²) in [4.78, 5) is 3.11. The van der Waals surface area contributed by atoms with E-state index in [1.807, 2.05) is 16.3 Å². The molecule has 0 radical (unpaired) electrons. The van der Waals surface area contributed by atoms with Crippen LogP contribution in [0.15, 0.2) is 11.4 Å². The van der Waals surface area contributed by atoms with E-state index in [0.717, 1.165) is 10.4 Å². The number of nitrogens with zero attached hydrogens (tertiary/aromatic N) is 1. The van der Waals surface area contributed by atoms with Crippen LogP contribution in [0.5, 0.6) is 0 Å². The fourth-order valence-corrected chi connectivity index (χ4v) is 2.76. The SMILES string of the molecule is OCC#Cc1ccsc1CN1CC(O)C(O)C1. The van der Waals surface area contributed by atoms with Gasteiger partial charge in [0, 0.05) is 30.1 Å². The Morgan fingerprint density at radius 3 is 2.71 bits per heavy atom. The first-order chi connectivity index (χ1) is 8.20. The van der Waals surface area contributed by atoms with Crippen LogP contribution in [0.3, 0.4) is 0 Å². The molecule has 5 heteroatoms. The van der Waals surface area contributed by atoms with Crippen molar-refractivity contribution in [1.82, 2.24) is 4.90 Å². The molecule has 2 unspecified atom stereocenters. The number of aliphatic hydroxyl groups excluding tert-OH is 3. The number of β-amino-alcohol motifs (C(OH)–C–C–N with tert-alkyl or cyclic N) is 2. The van der Waals surface area contributed by atoms with Gasteiger partial charge in [0.25, 0.3) is 0 Å². The van der Waals surface area contributed by atoms with Crippen LogP contribution in [0.2, 0.25) is 0 Å². The van der Waals surface area contributed by atoms with E-state index in [9.17, 15) is 10.2 Å². The number of aliphatic hydroxyl groups is 3. The molecular weight excluding hydrogens is 238 g/mol. The van der Waals surface area contributed by atoms with Crippen LogP contribution in [-0.2, 0) is 6.54 Å². The highest BCUT2D eigenvalue weighted by atomic mass is 32.1. The van der Waals surface area contributed by atoms with E-state index in [1.165, 1.54) is 0 Å². The summed E-state index contributed by atoms with van der Waals surface area (Å²) in [5, 5.41) is 29.5. The van der Waals surface area contributed by atoms with Gasteiger partial charge >= 0.3 is 0 Å². The molecule has 2 rings (SSSR count). The molecule has 4 nitrogen and oxygen atoms in total. The Morgan fingerprint density at radius 1 is 1.35 bits per heavy atom. The molecule has 0 amide bonds. The van der Waals surface area contributed by atoms with Gasteiger partial charge in [-0.05, 0) is 11.4 Å². The van der Waals surface area contributed by atoms with Gasteiger partial charge in [0.1, 0.15) is 6.61 Å². The summed E-state index contributed by atoms with van der Waals surface area (Å²) in [6.45, 7) is 1.52. The van der Waals surface area contributed by atoms with Crippen molar-refractivity contribution in [1.29, 1.82) is 0 Å². The average Bonchev–Trinajstić information content (AvgIpc) is 2.85. The van der Waals surface area contributed by atoms with Crippen LogP contribution >= 0.6 is 11.3 Å². The zero-order chi connectivity index (χ0) is 12.3. The standard InChI is InChI=1S/C12H15NO3S/c14-4-1-2-9-3-5-17-12(9)8-13-6-10(15)11(16)7-13/h3,5,10-11,14-16H,4,6-8H2.